The van der Waals surface area contributed by atoms with Crippen LogP contribution in [0.1, 0.15) is 10.6 Å². The van der Waals surface area contributed by atoms with Gasteiger partial charge in [0.2, 0.25) is 0 Å². The van der Waals surface area contributed by atoms with Gasteiger partial charge in [-0.15, -0.1) is 11.3 Å². The summed E-state index contributed by atoms with van der Waals surface area (Å²) in [4.78, 5) is 5.48. The molecule has 0 saturated carbocycles. The van der Waals surface area contributed by atoms with Crippen molar-refractivity contribution in [3.8, 4) is 0 Å². The van der Waals surface area contributed by atoms with Crippen LogP contribution in [0.3, 0.4) is 0 Å². The van der Waals surface area contributed by atoms with Gasteiger partial charge in [0, 0.05) is 30.0 Å². The van der Waals surface area contributed by atoms with Crippen LogP contribution in [-0.2, 0) is 13.0 Å². The van der Waals surface area contributed by atoms with Crippen molar-refractivity contribution in [2.45, 2.75) is 19.0 Å². The van der Waals surface area contributed by atoms with E-state index in [2.05, 4.69) is 26.2 Å². The van der Waals surface area contributed by atoms with Crippen molar-refractivity contribution in [2.24, 2.45) is 5.73 Å². The fourth-order valence-corrected chi connectivity index (χ4v) is 3.55. The van der Waals surface area contributed by atoms with Gasteiger partial charge in [-0.05, 0) is 27.4 Å². The van der Waals surface area contributed by atoms with Crippen LogP contribution >= 0.6 is 38.9 Å². The SMILES string of the molecule is N[C@@H](CF)Cc1oc2c(NCc3cccs3)cc(Cl)nc2c1Br. The average Bonchev–Trinajstić information content (AvgIpc) is 3.15. The number of anilines is 1. The zero-order valence-corrected chi connectivity index (χ0v) is 15.1. The van der Waals surface area contributed by atoms with E-state index in [1.165, 1.54) is 4.88 Å². The number of pyridine rings is 1. The summed E-state index contributed by atoms with van der Waals surface area (Å²) in [5.74, 6) is 0.569. The van der Waals surface area contributed by atoms with E-state index in [0.717, 1.165) is 5.69 Å². The summed E-state index contributed by atoms with van der Waals surface area (Å²) in [7, 11) is 0. The van der Waals surface area contributed by atoms with Gasteiger partial charge in [-0.2, -0.15) is 0 Å². The molecule has 0 fully saturated rings. The number of furan rings is 1. The van der Waals surface area contributed by atoms with Crippen molar-refractivity contribution < 1.29 is 8.81 Å². The van der Waals surface area contributed by atoms with E-state index < -0.39 is 12.7 Å². The van der Waals surface area contributed by atoms with Crippen LogP contribution in [0.2, 0.25) is 5.15 Å². The van der Waals surface area contributed by atoms with Crippen molar-refractivity contribution in [3.05, 3.63) is 43.8 Å². The van der Waals surface area contributed by atoms with E-state index >= 15 is 0 Å². The molecule has 0 aliphatic rings. The highest BCUT2D eigenvalue weighted by molar-refractivity contribution is 9.10. The van der Waals surface area contributed by atoms with Crippen molar-refractivity contribution in [1.29, 1.82) is 0 Å². The number of thiophene rings is 1. The molecule has 23 heavy (non-hydrogen) atoms. The summed E-state index contributed by atoms with van der Waals surface area (Å²) >= 11 is 11.2. The molecule has 0 bridgehead atoms. The molecule has 4 nitrogen and oxygen atoms in total. The van der Waals surface area contributed by atoms with Crippen LogP contribution < -0.4 is 11.1 Å². The Hall–Kier alpha value is -1.15. The minimum Gasteiger partial charge on any atom is -0.456 e. The molecule has 1 atom stereocenters. The number of rotatable bonds is 6. The number of nitrogens with zero attached hydrogens (tertiary/aromatic N) is 1. The number of halogens is 3. The highest BCUT2D eigenvalue weighted by Crippen LogP contribution is 2.36. The van der Waals surface area contributed by atoms with Gasteiger partial charge in [0.1, 0.15) is 23.1 Å². The quantitative estimate of drug-likeness (QED) is 0.567. The van der Waals surface area contributed by atoms with E-state index in [9.17, 15) is 4.39 Å². The third-order valence-corrected chi connectivity index (χ3v) is 5.19. The molecular formula is C15H14BrClFN3OS. The lowest BCUT2D eigenvalue weighted by molar-refractivity contribution is 0.406. The van der Waals surface area contributed by atoms with Gasteiger partial charge in [-0.25, -0.2) is 9.37 Å². The fraction of sp³-hybridized carbons (Fsp3) is 0.267. The lowest BCUT2D eigenvalue weighted by Gasteiger charge is -2.06. The summed E-state index contributed by atoms with van der Waals surface area (Å²) in [6, 6.07) is 5.15. The minimum atomic E-state index is -0.610. The molecule has 0 amide bonds. The first-order valence-corrected chi connectivity index (χ1v) is 8.98. The standard InChI is InChI=1S/C15H14BrClFN3OS/c16-13-11(4-8(19)6-18)22-15-10(5-12(17)21-14(13)15)20-7-9-2-1-3-23-9/h1-3,5,8H,4,6-7,19H2,(H,20,21)/t8-/m1/s1. The molecule has 3 rings (SSSR count). The Morgan fingerprint density at radius 2 is 2.35 bits per heavy atom. The van der Waals surface area contributed by atoms with Gasteiger partial charge in [-0.1, -0.05) is 17.7 Å². The van der Waals surface area contributed by atoms with Gasteiger partial charge in [0.05, 0.1) is 10.2 Å². The normalized spacial score (nSPS) is 12.7. The van der Waals surface area contributed by atoms with E-state index in [1.54, 1.807) is 17.4 Å². The first-order chi connectivity index (χ1) is 11.1. The molecule has 8 heteroatoms. The van der Waals surface area contributed by atoms with Crippen LogP contribution in [0.5, 0.6) is 0 Å². The number of fused-ring (bicyclic) bond motifs is 1. The number of hydrogen-bond donors (Lipinski definition) is 2. The number of hydrogen-bond acceptors (Lipinski definition) is 5. The molecule has 3 aromatic heterocycles. The molecule has 3 N–H and O–H groups in total. The Bertz CT molecular complexity index is 809. The van der Waals surface area contributed by atoms with Crippen LogP contribution in [0.4, 0.5) is 10.1 Å². The molecule has 0 radical (unpaired) electrons. The minimum absolute atomic E-state index is 0.287. The van der Waals surface area contributed by atoms with Crippen LogP contribution in [0, 0.1) is 0 Å². The smallest absolute Gasteiger partial charge is 0.177 e. The maximum Gasteiger partial charge on any atom is 0.177 e. The first kappa shape index (κ1) is 16.7. The number of nitrogens with two attached hydrogens (primary N) is 1. The highest BCUT2D eigenvalue weighted by Gasteiger charge is 2.19. The van der Waals surface area contributed by atoms with Crippen molar-refractivity contribution in [2.75, 3.05) is 12.0 Å². The van der Waals surface area contributed by atoms with E-state index in [4.69, 9.17) is 21.8 Å². The molecule has 3 heterocycles. The van der Waals surface area contributed by atoms with Crippen LogP contribution in [-0.4, -0.2) is 17.7 Å². The number of nitrogens with one attached hydrogen (secondary N) is 1. The zero-order chi connectivity index (χ0) is 16.4. The molecule has 0 aromatic carbocycles. The second-order valence-electron chi connectivity index (χ2n) is 5.06. The predicted octanol–water partition coefficient (Wildman–Crippen LogP) is 4.76. The molecule has 3 aromatic rings. The maximum absolute atomic E-state index is 12.7. The third-order valence-electron chi connectivity index (χ3n) is 3.30. The Labute approximate surface area is 150 Å². The van der Waals surface area contributed by atoms with Gasteiger partial charge in [-0.3, -0.25) is 0 Å². The topological polar surface area (TPSA) is 64.1 Å². The second kappa shape index (κ2) is 7.17. The van der Waals surface area contributed by atoms with Crippen LogP contribution in [0.25, 0.3) is 11.1 Å². The lowest BCUT2D eigenvalue weighted by Crippen LogP contribution is -2.24. The number of aromatic nitrogens is 1. The monoisotopic (exact) mass is 417 g/mol. The Balaban J connectivity index is 1.95. The first-order valence-electron chi connectivity index (χ1n) is 6.93. The van der Waals surface area contributed by atoms with E-state index in [1.807, 2.05) is 17.5 Å². The molecular weight excluding hydrogens is 405 g/mol. The molecule has 0 aliphatic carbocycles. The largest absolute Gasteiger partial charge is 0.456 e. The van der Waals surface area contributed by atoms with Crippen molar-refractivity contribution in [1.82, 2.24) is 4.98 Å². The Morgan fingerprint density at radius 3 is 3.04 bits per heavy atom. The summed E-state index contributed by atoms with van der Waals surface area (Å²) in [5.41, 5.74) is 7.60. The fourth-order valence-electron chi connectivity index (χ4n) is 2.20. The van der Waals surface area contributed by atoms with Crippen molar-refractivity contribution in [3.63, 3.8) is 0 Å². The van der Waals surface area contributed by atoms with E-state index in [-0.39, 0.29) is 6.42 Å². The Morgan fingerprint density at radius 1 is 1.52 bits per heavy atom. The lowest BCUT2D eigenvalue weighted by atomic mass is 10.2. The number of alkyl halides is 1. The van der Waals surface area contributed by atoms with Gasteiger partial charge >= 0.3 is 0 Å². The third kappa shape index (κ3) is 3.68. The molecule has 0 aliphatic heterocycles. The molecule has 122 valence electrons. The Kier molecular flexibility index (Phi) is 5.21. The summed E-state index contributed by atoms with van der Waals surface area (Å²) < 4.78 is 19.2. The van der Waals surface area contributed by atoms with Gasteiger partial charge in [0.25, 0.3) is 0 Å². The predicted molar refractivity (Wildman–Crippen MR) is 96.0 cm³/mol. The molecule has 0 spiro atoms. The van der Waals surface area contributed by atoms with Crippen LogP contribution in [0.15, 0.2) is 32.5 Å². The maximum atomic E-state index is 12.7. The summed E-state index contributed by atoms with van der Waals surface area (Å²) in [6.45, 7) is 0.0475. The molecule has 0 saturated heterocycles. The van der Waals surface area contributed by atoms with Gasteiger partial charge in [0.15, 0.2) is 5.58 Å². The second-order valence-corrected chi connectivity index (χ2v) is 7.27. The average molecular weight is 419 g/mol. The summed E-state index contributed by atoms with van der Waals surface area (Å²) in [5, 5.41) is 5.68. The highest BCUT2D eigenvalue weighted by atomic mass is 79.9. The van der Waals surface area contributed by atoms with E-state index in [0.29, 0.717) is 33.0 Å². The van der Waals surface area contributed by atoms with Gasteiger partial charge < -0.3 is 15.5 Å². The molecule has 0 unspecified atom stereocenters. The summed E-state index contributed by atoms with van der Waals surface area (Å²) in [6.07, 6.45) is 0.287. The zero-order valence-electron chi connectivity index (χ0n) is 12.0. The van der Waals surface area contributed by atoms with Crippen molar-refractivity contribution >= 4 is 55.7 Å².